The molecule has 0 N–H and O–H groups in total. The standard InChI is InChI=1S/C20H17F3N4O2/c1-11-6-7-15(8-12(11)2)27-18(28)16-17(19(27)29)26(25-24-16)10-13-4-3-5-14(9-13)20(21,22)23/h3-9,16-17H,10H2,1-2H3/t16-,17+/m1/s1. The molecule has 2 atom stereocenters. The molecule has 0 saturated carbocycles. The van der Waals surface area contributed by atoms with Crippen molar-refractivity contribution in [3.63, 3.8) is 0 Å². The number of carbonyl (C=O) groups is 2. The Morgan fingerprint density at radius 3 is 2.45 bits per heavy atom. The number of nitrogens with zero attached hydrogens (tertiary/aromatic N) is 4. The summed E-state index contributed by atoms with van der Waals surface area (Å²) >= 11 is 0. The Labute approximate surface area is 164 Å². The summed E-state index contributed by atoms with van der Waals surface area (Å²) in [7, 11) is 0. The second-order valence-electron chi connectivity index (χ2n) is 7.17. The maximum atomic E-state index is 13.0. The van der Waals surface area contributed by atoms with E-state index in [0.29, 0.717) is 11.3 Å². The van der Waals surface area contributed by atoms with Crippen LogP contribution in [0, 0.1) is 13.8 Å². The Kier molecular flexibility index (Phi) is 4.40. The van der Waals surface area contributed by atoms with Crippen LogP contribution in [0.15, 0.2) is 52.8 Å². The first-order chi connectivity index (χ1) is 13.7. The van der Waals surface area contributed by atoms with Crippen molar-refractivity contribution in [2.45, 2.75) is 38.7 Å². The summed E-state index contributed by atoms with van der Waals surface area (Å²) in [6, 6.07) is 8.10. The Hall–Kier alpha value is -3.23. The van der Waals surface area contributed by atoms with Crippen LogP contribution >= 0.6 is 0 Å². The van der Waals surface area contributed by atoms with E-state index in [-0.39, 0.29) is 6.54 Å². The fourth-order valence-electron chi connectivity index (χ4n) is 3.51. The summed E-state index contributed by atoms with van der Waals surface area (Å²) in [4.78, 5) is 26.8. The quantitative estimate of drug-likeness (QED) is 0.734. The normalized spacial score (nSPS) is 21.3. The number of rotatable bonds is 3. The van der Waals surface area contributed by atoms with Gasteiger partial charge in [0.15, 0.2) is 12.1 Å². The van der Waals surface area contributed by atoms with E-state index in [0.717, 1.165) is 28.2 Å². The molecular formula is C20H17F3N4O2. The highest BCUT2D eigenvalue weighted by molar-refractivity contribution is 6.25. The first-order valence-electron chi connectivity index (χ1n) is 8.95. The number of imide groups is 1. The third-order valence-electron chi connectivity index (χ3n) is 5.21. The average molecular weight is 402 g/mol. The van der Waals surface area contributed by atoms with E-state index in [1.807, 2.05) is 19.9 Å². The van der Waals surface area contributed by atoms with E-state index in [1.165, 1.54) is 17.1 Å². The van der Waals surface area contributed by atoms with Gasteiger partial charge in [-0.1, -0.05) is 23.4 Å². The van der Waals surface area contributed by atoms with Crippen LogP contribution in [0.25, 0.3) is 0 Å². The summed E-state index contributed by atoms with van der Waals surface area (Å²) < 4.78 is 38.8. The molecule has 1 saturated heterocycles. The van der Waals surface area contributed by atoms with E-state index in [9.17, 15) is 22.8 Å². The first kappa shape index (κ1) is 19.1. The van der Waals surface area contributed by atoms with E-state index >= 15 is 0 Å². The lowest BCUT2D eigenvalue weighted by atomic mass is 10.1. The molecule has 0 aliphatic carbocycles. The van der Waals surface area contributed by atoms with E-state index < -0.39 is 35.6 Å². The minimum atomic E-state index is -4.47. The topological polar surface area (TPSA) is 65.3 Å². The van der Waals surface area contributed by atoms with Crippen molar-refractivity contribution in [3.05, 3.63) is 64.7 Å². The smallest absolute Gasteiger partial charge is 0.271 e. The number of alkyl halides is 3. The van der Waals surface area contributed by atoms with Gasteiger partial charge in [-0.05, 0) is 54.8 Å². The van der Waals surface area contributed by atoms with Crippen molar-refractivity contribution < 1.29 is 22.8 Å². The molecule has 6 nitrogen and oxygen atoms in total. The molecule has 2 amide bonds. The summed E-state index contributed by atoms with van der Waals surface area (Å²) in [6.07, 6.45) is -4.47. The van der Waals surface area contributed by atoms with Gasteiger partial charge in [0.1, 0.15) is 0 Å². The molecule has 4 rings (SSSR count). The number of hydrogen-bond acceptors (Lipinski definition) is 5. The molecule has 2 aliphatic rings. The lowest BCUT2D eigenvalue weighted by Crippen LogP contribution is -2.39. The van der Waals surface area contributed by atoms with Crippen molar-refractivity contribution in [1.82, 2.24) is 5.01 Å². The average Bonchev–Trinajstić information content (AvgIpc) is 3.17. The summed E-state index contributed by atoms with van der Waals surface area (Å²) in [5, 5.41) is 9.07. The summed E-state index contributed by atoms with van der Waals surface area (Å²) in [6.45, 7) is 3.74. The van der Waals surface area contributed by atoms with Crippen LogP contribution in [0.5, 0.6) is 0 Å². The molecule has 0 unspecified atom stereocenters. The highest BCUT2D eigenvalue weighted by atomic mass is 19.4. The molecule has 0 aromatic heterocycles. The zero-order valence-electron chi connectivity index (χ0n) is 15.6. The minimum Gasteiger partial charge on any atom is -0.271 e. The number of benzene rings is 2. The number of amides is 2. The van der Waals surface area contributed by atoms with Crippen molar-refractivity contribution in [1.29, 1.82) is 0 Å². The number of anilines is 1. The first-order valence-corrected chi connectivity index (χ1v) is 8.95. The monoisotopic (exact) mass is 402 g/mol. The number of halogens is 3. The fraction of sp³-hybridized carbons (Fsp3) is 0.300. The Morgan fingerprint density at radius 1 is 1.00 bits per heavy atom. The second kappa shape index (κ2) is 6.68. The van der Waals surface area contributed by atoms with E-state index in [1.54, 1.807) is 12.1 Å². The van der Waals surface area contributed by atoms with Crippen molar-refractivity contribution in [2.24, 2.45) is 10.3 Å². The molecule has 150 valence electrons. The Morgan fingerprint density at radius 2 is 1.76 bits per heavy atom. The second-order valence-corrected chi connectivity index (χ2v) is 7.17. The number of fused-ring (bicyclic) bond motifs is 1. The van der Waals surface area contributed by atoms with Crippen LogP contribution in [0.3, 0.4) is 0 Å². The third kappa shape index (κ3) is 3.26. The largest absolute Gasteiger partial charge is 0.416 e. The van der Waals surface area contributed by atoms with E-state index in [4.69, 9.17) is 0 Å². The zero-order valence-corrected chi connectivity index (χ0v) is 15.6. The van der Waals surface area contributed by atoms with Crippen molar-refractivity contribution in [2.75, 3.05) is 4.90 Å². The van der Waals surface area contributed by atoms with Gasteiger partial charge in [0.2, 0.25) is 0 Å². The molecule has 9 heteroatoms. The highest BCUT2D eigenvalue weighted by Gasteiger charge is 2.54. The maximum absolute atomic E-state index is 13.0. The molecule has 2 aromatic rings. The predicted octanol–water partition coefficient (Wildman–Crippen LogP) is 3.82. The van der Waals surface area contributed by atoms with Gasteiger partial charge in [-0.15, -0.1) is 0 Å². The van der Waals surface area contributed by atoms with Crippen LogP contribution < -0.4 is 4.90 Å². The van der Waals surface area contributed by atoms with E-state index in [2.05, 4.69) is 10.3 Å². The molecule has 0 radical (unpaired) electrons. The molecule has 0 bridgehead atoms. The number of hydrogen-bond donors (Lipinski definition) is 0. The van der Waals surface area contributed by atoms with Crippen LogP contribution in [0.4, 0.5) is 18.9 Å². The van der Waals surface area contributed by atoms with Gasteiger partial charge in [0.25, 0.3) is 11.8 Å². The van der Waals surface area contributed by atoms with Gasteiger partial charge < -0.3 is 0 Å². The van der Waals surface area contributed by atoms with Gasteiger partial charge in [-0.3, -0.25) is 14.6 Å². The van der Waals surface area contributed by atoms with Crippen LogP contribution in [-0.2, 0) is 22.3 Å². The Balaban J connectivity index is 1.59. The highest BCUT2D eigenvalue weighted by Crippen LogP contribution is 2.34. The maximum Gasteiger partial charge on any atom is 0.416 e. The fourth-order valence-corrected chi connectivity index (χ4v) is 3.51. The van der Waals surface area contributed by atoms with Gasteiger partial charge in [-0.25, -0.2) is 4.90 Å². The lowest BCUT2D eigenvalue weighted by Gasteiger charge is -2.21. The summed E-state index contributed by atoms with van der Waals surface area (Å²) in [5.74, 6) is -0.973. The molecule has 0 spiro atoms. The lowest BCUT2D eigenvalue weighted by molar-refractivity contribution is -0.137. The van der Waals surface area contributed by atoms with Crippen LogP contribution in [0.2, 0.25) is 0 Å². The van der Waals surface area contributed by atoms with Crippen LogP contribution in [0.1, 0.15) is 22.3 Å². The SMILES string of the molecule is Cc1ccc(N2C(=O)[C@@H]3[C@@H](N=NN3Cc3cccc(C(F)(F)F)c3)C2=O)cc1C. The van der Waals surface area contributed by atoms with Gasteiger partial charge >= 0.3 is 6.18 Å². The molecule has 2 heterocycles. The molecular weight excluding hydrogens is 385 g/mol. The predicted molar refractivity (Wildman–Crippen MR) is 97.8 cm³/mol. The molecule has 2 aromatic carbocycles. The third-order valence-corrected chi connectivity index (χ3v) is 5.21. The van der Waals surface area contributed by atoms with Gasteiger partial charge in [0.05, 0.1) is 17.8 Å². The number of carbonyl (C=O) groups excluding carboxylic acids is 2. The van der Waals surface area contributed by atoms with Gasteiger partial charge in [0, 0.05) is 0 Å². The van der Waals surface area contributed by atoms with Gasteiger partial charge in [-0.2, -0.15) is 18.3 Å². The zero-order chi connectivity index (χ0) is 20.9. The van der Waals surface area contributed by atoms with Crippen molar-refractivity contribution >= 4 is 17.5 Å². The minimum absolute atomic E-state index is 0.0611. The Bertz CT molecular complexity index is 1030. The molecule has 29 heavy (non-hydrogen) atoms. The molecule has 2 aliphatic heterocycles. The van der Waals surface area contributed by atoms with Crippen LogP contribution in [-0.4, -0.2) is 28.9 Å². The number of aryl methyl sites for hydroxylation is 2. The molecule has 1 fully saturated rings. The summed E-state index contributed by atoms with van der Waals surface area (Å²) in [5.41, 5.74) is 1.95. The van der Waals surface area contributed by atoms with Crippen molar-refractivity contribution in [3.8, 4) is 0 Å².